The fraction of sp³-hybridized carbons (Fsp3) is 0.200. The highest BCUT2D eigenvalue weighted by Crippen LogP contribution is 2.22. The number of hydrogen-bond donors (Lipinski definition) is 2. The van der Waals surface area contributed by atoms with Crippen LogP contribution in [-0.4, -0.2) is 25.6 Å². The van der Waals surface area contributed by atoms with E-state index in [9.17, 15) is 13.2 Å². The number of nitrogens with one attached hydrogen (secondary N) is 2. The molecule has 0 fully saturated rings. The van der Waals surface area contributed by atoms with Gasteiger partial charge in [-0.2, -0.15) is 0 Å². The van der Waals surface area contributed by atoms with Crippen molar-refractivity contribution in [1.82, 2.24) is 4.98 Å². The average molecular weight is 432 g/mol. The second-order valence-corrected chi connectivity index (χ2v) is 9.17. The SMILES string of the molecule is Cc1ccc(OCc2nc(CC(=O)Nc3ccccc3NS(C)(=O)=O)cs2)cc1. The number of anilines is 2. The molecular weight excluding hydrogens is 410 g/mol. The van der Waals surface area contributed by atoms with Gasteiger partial charge in [0, 0.05) is 5.38 Å². The third kappa shape index (κ3) is 6.58. The van der Waals surface area contributed by atoms with Crippen molar-refractivity contribution in [3.8, 4) is 5.75 Å². The summed E-state index contributed by atoms with van der Waals surface area (Å²) in [4.78, 5) is 16.8. The molecule has 0 radical (unpaired) electrons. The molecule has 7 nitrogen and oxygen atoms in total. The number of benzene rings is 2. The van der Waals surface area contributed by atoms with Crippen LogP contribution in [0.15, 0.2) is 53.9 Å². The molecule has 0 spiro atoms. The van der Waals surface area contributed by atoms with Crippen molar-refractivity contribution in [2.75, 3.05) is 16.3 Å². The molecule has 0 saturated heterocycles. The fourth-order valence-electron chi connectivity index (χ4n) is 2.52. The maximum absolute atomic E-state index is 12.4. The van der Waals surface area contributed by atoms with Crippen LogP contribution in [0.4, 0.5) is 11.4 Å². The lowest BCUT2D eigenvalue weighted by Crippen LogP contribution is -2.17. The molecule has 3 rings (SSSR count). The van der Waals surface area contributed by atoms with Crippen LogP contribution in [0.2, 0.25) is 0 Å². The molecule has 0 aliphatic carbocycles. The Kier molecular flexibility index (Phi) is 6.50. The molecule has 1 amide bonds. The number of para-hydroxylation sites is 2. The van der Waals surface area contributed by atoms with E-state index in [0.717, 1.165) is 22.6 Å². The Morgan fingerprint density at radius 2 is 1.79 bits per heavy atom. The maximum Gasteiger partial charge on any atom is 0.230 e. The maximum atomic E-state index is 12.4. The van der Waals surface area contributed by atoms with E-state index in [4.69, 9.17) is 4.74 Å². The van der Waals surface area contributed by atoms with E-state index in [-0.39, 0.29) is 12.3 Å². The number of amides is 1. The predicted octanol–water partition coefficient (Wildman–Crippen LogP) is 3.58. The number of aryl methyl sites for hydroxylation is 1. The number of ether oxygens (including phenoxy) is 1. The molecule has 0 unspecified atom stereocenters. The Morgan fingerprint density at radius 1 is 1.10 bits per heavy atom. The summed E-state index contributed by atoms with van der Waals surface area (Å²) >= 11 is 1.42. The van der Waals surface area contributed by atoms with Crippen LogP contribution in [0.3, 0.4) is 0 Å². The molecule has 0 aliphatic heterocycles. The minimum absolute atomic E-state index is 0.0776. The van der Waals surface area contributed by atoms with Gasteiger partial charge >= 0.3 is 0 Å². The van der Waals surface area contributed by atoms with Gasteiger partial charge in [0.05, 0.1) is 29.7 Å². The Morgan fingerprint density at radius 3 is 2.48 bits per heavy atom. The number of rotatable bonds is 8. The van der Waals surface area contributed by atoms with E-state index in [2.05, 4.69) is 15.0 Å². The summed E-state index contributed by atoms with van der Waals surface area (Å²) in [5.74, 6) is 0.476. The highest BCUT2D eigenvalue weighted by molar-refractivity contribution is 7.92. The first kappa shape index (κ1) is 20.8. The first-order chi connectivity index (χ1) is 13.8. The van der Waals surface area contributed by atoms with Crippen LogP contribution in [-0.2, 0) is 27.8 Å². The molecule has 1 aromatic heterocycles. The van der Waals surface area contributed by atoms with Gasteiger partial charge in [0.15, 0.2) is 0 Å². The summed E-state index contributed by atoms with van der Waals surface area (Å²) in [5.41, 5.74) is 2.49. The minimum Gasteiger partial charge on any atom is -0.486 e. The second-order valence-electron chi connectivity index (χ2n) is 6.48. The monoisotopic (exact) mass is 431 g/mol. The Labute approximate surface area is 173 Å². The molecule has 1 heterocycles. The van der Waals surface area contributed by atoms with E-state index in [1.165, 1.54) is 11.3 Å². The summed E-state index contributed by atoms with van der Waals surface area (Å²) in [5, 5.41) is 5.31. The van der Waals surface area contributed by atoms with Crippen LogP contribution >= 0.6 is 11.3 Å². The number of hydrogen-bond acceptors (Lipinski definition) is 6. The van der Waals surface area contributed by atoms with E-state index in [1.807, 2.05) is 36.6 Å². The normalized spacial score (nSPS) is 11.1. The van der Waals surface area contributed by atoms with E-state index < -0.39 is 10.0 Å². The standard InChI is InChI=1S/C20H21N3O4S2/c1-14-7-9-16(10-8-14)27-12-20-21-15(13-28-20)11-19(24)22-17-5-3-4-6-18(17)23-29(2,25)26/h3-10,13,23H,11-12H2,1-2H3,(H,22,24). The third-order valence-electron chi connectivity index (χ3n) is 3.82. The zero-order valence-corrected chi connectivity index (χ0v) is 17.6. The summed E-state index contributed by atoms with van der Waals surface area (Å²) < 4.78 is 31.0. The van der Waals surface area contributed by atoms with Gasteiger partial charge in [-0.25, -0.2) is 13.4 Å². The minimum atomic E-state index is -3.45. The van der Waals surface area contributed by atoms with Gasteiger partial charge in [-0.05, 0) is 31.2 Å². The molecule has 152 valence electrons. The van der Waals surface area contributed by atoms with Crippen molar-refractivity contribution in [2.24, 2.45) is 0 Å². The smallest absolute Gasteiger partial charge is 0.230 e. The molecule has 0 saturated carbocycles. The van der Waals surface area contributed by atoms with E-state index in [0.29, 0.717) is 23.7 Å². The van der Waals surface area contributed by atoms with Crippen molar-refractivity contribution in [3.05, 3.63) is 70.2 Å². The van der Waals surface area contributed by atoms with Crippen LogP contribution in [0.5, 0.6) is 5.75 Å². The van der Waals surface area contributed by atoms with Crippen LogP contribution < -0.4 is 14.8 Å². The summed E-state index contributed by atoms with van der Waals surface area (Å²) in [6, 6.07) is 14.4. The lowest BCUT2D eigenvalue weighted by Gasteiger charge is -2.11. The average Bonchev–Trinajstić information content (AvgIpc) is 3.09. The van der Waals surface area contributed by atoms with E-state index in [1.54, 1.807) is 24.3 Å². The molecule has 2 aromatic carbocycles. The summed E-state index contributed by atoms with van der Waals surface area (Å²) in [6.45, 7) is 2.34. The first-order valence-electron chi connectivity index (χ1n) is 8.78. The highest BCUT2D eigenvalue weighted by Gasteiger charge is 2.12. The molecule has 3 aromatic rings. The Balaban J connectivity index is 1.57. The quantitative estimate of drug-likeness (QED) is 0.568. The fourth-order valence-corrected chi connectivity index (χ4v) is 3.80. The number of aromatic nitrogens is 1. The lowest BCUT2D eigenvalue weighted by atomic mass is 10.2. The van der Waals surface area contributed by atoms with Crippen molar-refractivity contribution in [2.45, 2.75) is 20.0 Å². The molecule has 29 heavy (non-hydrogen) atoms. The molecule has 0 aliphatic rings. The topological polar surface area (TPSA) is 97.4 Å². The van der Waals surface area contributed by atoms with E-state index >= 15 is 0 Å². The Hall–Kier alpha value is -2.91. The van der Waals surface area contributed by atoms with Gasteiger partial charge < -0.3 is 10.1 Å². The number of nitrogens with zero attached hydrogens (tertiary/aromatic N) is 1. The van der Waals surface area contributed by atoms with Gasteiger partial charge in [-0.1, -0.05) is 29.8 Å². The summed E-state index contributed by atoms with van der Waals surface area (Å²) in [6.07, 6.45) is 1.13. The van der Waals surface area contributed by atoms with Crippen molar-refractivity contribution >= 4 is 38.6 Å². The zero-order chi connectivity index (χ0) is 20.9. The van der Waals surface area contributed by atoms with Crippen molar-refractivity contribution < 1.29 is 17.9 Å². The Bertz CT molecular complexity index is 1090. The molecule has 0 atom stereocenters. The van der Waals surface area contributed by atoms with Gasteiger partial charge in [0.25, 0.3) is 0 Å². The number of sulfonamides is 1. The largest absolute Gasteiger partial charge is 0.486 e. The van der Waals surface area contributed by atoms with Crippen molar-refractivity contribution in [1.29, 1.82) is 0 Å². The van der Waals surface area contributed by atoms with Gasteiger partial charge in [0.2, 0.25) is 15.9 Å². The molecule has 2 N–H and O–H groups in total. The lowest BCUT2D eigenvalue weighted by molar-refractivity contribution is -0.115. The number of carbonyl (C=O) groups is 1. The molecule has 0 bridgehead atoms. The highest BCUT2D eigenvalue weighted by atomic mass is 32.2. The van der Waals surface area contributed by atoms with Crippen molar-refractivity contribution in [3.63, 3.8) is 0 Å². The third-order valence-corrected chi connectivity index (χ3v) is 5.28. The predicted molar refractivity (Wildman–Crippen MR) is 115 cm³/mol. The second kappa shape index (κ2) is 9.06. The number of carbonyl (C=O) groups excluding carboxylic acids is 1. The molecule has 9 heteroatoms. The van der Waals surface area contributed by atoms with Gasteiger partial charge in [-0.15, -0.1) is 11.3 Å². The van der Waals surface area contributed by atoms with Crippen LogP contribution in [0.1, 0.15) is 16.3 Å². The van der Waals surface area contributed by atoms with Crippen LogP contribution in [0, 0.1) is 6.92 Å². The summed E-state index contributed by atoms with van der Waals surface area (Å²) in [7, 11) is -3.45. The van der Waals surface area contributed by atoms with Gasteiger partial charge in [-0.3, -0.25) is 9.52 Å². The number of thiazole rings is 1. The first-order valence-corrected chi connectivity index (χ1v) is 11.5. The van der Waals surface area contributed by atoms with Gasteiger partial charge in [0.1, 0.15) is 17.4 Å². The molecular formula is C20H21N3O4S2. The van der Waals surface area contributed by atoms with Crippen LogP contribution in [0.25, 0.3) is 0 Å². The zero-order valence-electron chi connectivity index (χ0n) is 16.0.